The van der Waals surface area contributed by atoms with Crippen LogP contribution >= 0.6 is 0 Å². The van der Waals surface area contributed by atoms with E-state index < -0.39 is 12.2 Å². The summed E-state index contributed by atoms with van der Waals surface area (Å²) in [7, 11) is 0. The summed E-state index contributed by atoms with van der Waals surface area (Å²) in [6, 6.07) is 0. The minimum Gasteiger partial charge on any atom is -0.445 e. The molecule has 1 amide bonds. The van der Waals surface area contributed by atoms with Gasteiger partial charge in [0, 0.05) is 0 Å². The number of amides is 1. The Hall–Kier alpha value is -1.29. The fourth-order valence-electron chi connectivity index (χ4n) is 0.457. The molecule has 0 bridgehead atoms. The highest BCUT2D eigenvalue weighted by Gasteiger charge is 2.02. The number of aliphatic hydroxyl groups is 1. The molecule has 0 aliphatic rings. The summed E-state index contributed by atoms with van der Waals surface area (Å²) in [5, 5.41) is 11.3. The van der Waals surface area contributed by atoms with E-state index in [1.807, 2.05) is 0 Å². The smallest absolute Gasteiger partial charge is 0.407 e. The third kappa shape index (κ3) is 5.49. The van der Waals surface area contributed by atoms with Gasteiger partial charge in [0.15, 0.2) is 0 Å². The lowest BCUT2D eigenvalue weighted by Gasteiger charge is -2.06. The molecule has 4 nitrogen and oxygen atoms in total. The average Bonchev–Trinajstić information content (AvgIpc) is 2.10. The zero-order chi connectivity index (χ0) is 9.40. The van der Waals surface area contributed by atoms with Crippen LogP contribution in [0, 0.1) is 0 Å². The summed E-state index contributed by atoms with van der Waals surface area (Å²) in [6.07, 6.45) is 1.48. The number of rotatable bonds is 5. The second-order valence-corrected chi connectivity index (χ2v) is 2.07. The van der Waals surface area contributed by atoms with Gasteiger partial charge < -0.3 is 15.2 Å². The zero-order valence-electron chi connectivity index (χ0n) is 6.82. The van der Waals surface area contributed by atoms with Crippen molar-refractivity contribution in [1.29, 1.82) is 0 Å². The molecule has 0 aliphatic heterocycles. The zero-order valence-corrected chi connectivity index (χ0v) is 6.82. The van der Waals surface area contributed by atoms with Crippen LogP contribution in [0.2, 0.25) is 0 Å². The Bertz CT molecular complexity index is 168. The molecule has 0 aliphatic carbocycles. The van der Waals surface area contributed by atoms with Gasteiger partial charge in [0.05, 0.1) is 12.6 Å². The summed E-state index contributed by atoms with van der Waals surface area (Å²) >= 11 is 0. The van der Waals surface area contributed by atoms with Gasteiger partial charge in [-0.2, -0.15) is 0 Å². The van der Waals surface area contributed by atoms with E-state index in [4.69, 9.17) is 5.11 Å². The number of alkyl carbamates (subject to hydrolysis) is 1. The number of nitrogens with one attached hydrogen (secondary N) is 1. The molecule has 0 saturated carbocycles. The van der Waals surface area contributed by atoms with Gasteiger partial charge in [0.25, 0.3) is 0 Å². The Balaban J connectivity index is 3.42. The van der Waals surface area contributed by atoms with Crippen LogP contribution in [0.3, 0.4) is 0 Å². The Morgan fingerprint density at radius 3 is 2.83 bits per heavy atom. The molecule has 0 aromatic rings. The summed E-state index contributed by atoms with van der Waals surface area (Å²) in [5.74, 6) is 0. The molecule has 4 heteroatoms. The second-order valence-electron chi connectivity index (χ2n) is 2.07. The van der Waals surface area contributed by atoms with Crippen LogP contribution in [-0.2, 0) is 4.74 Å². The van der Waals surface area contributed by atoms with Gasteiger partial charge in [-0.3, -0.25) is 0 Å². The van der Waals surface area contributed by atoms with Crippen molar-refractivity contribution in [3.05, 3.63) is 25.3 Å². The van der Waals surface area contributed by atoms with Crippen molar-refractivity contribution in [3.63, 3.8) is 0 Å². The van der Waals surface area contributed by atoms with E-state index in [1.54, 1.807) is 0 Å². The molecule has 0 spiro atoms. The molecule has 0 radical (unpaired) electrons. The number of hydrogen-bond acceptors (Lipinski definition) is 3. The first-order chi connectivity index (χ1) is 5.70. The molecule has 68 valence electrons. The van der Waals surface area contributed by atoms with Crippen LogP contribution in [0.15, 0.2) is 25.3 Å². The number of hydrogen-bond donors (Lipinski definition) is 2. The Morgan fingerprint density at radius 2 is 2.33 bits per heavy atom. The molecule has 0 aromatic carbocycles. The molecule has 1 unspecified atom stereocenters. The SMILES string of the molecule is C=CCOC(=O)NCC(O)C=C. The van der Waals surface area contributed by atoms with Crippen molar-refractivity contribution in [2.24, 2.45) is 0 Å². The normalized spacial score (nSPS) is 11.4. The van der Waals surface area contributed by atoms with Crippen molar-refractivity contribution < 1.29 is 14.6 Å². The van der Waals surface area contributed by atoms with Crippen molar-refractivity contribution in [2.45, 2.75) is 6.10 Å². The predicted molar refractivity (Wildman–Crippen MR) is 45.8 cm³/mol. The molecule has 2 N–H and O–H groups in total. The highest BCUT2D eigenvalue weighted by atomic mass is 16.5. The van der Waals surface area contributed by atoms with Crippen molar-refractivity contribution in [1.82, 2.24) is 5.32 Å². The van der Waals surface area contributed by atoms with E-state index in [0.29, 0.717) is 0 Å². The van der Waals surface area contributed by atoms with Crippen LogP contribution in [0.4, 0.5) is 4.79 Å². The summed E-state index contributed by atoms with van der Waals surface area (Å²) in [5.41, 5.74) is 0. The number of carbonyl (C=O) groups is 1. The molecular formula is C8H13NO3. The summed E-state index contributed by atoms with van der Waals surface area (Å²) < 4.78 is 4.57. The first kappa shape index (κ1) is 10.7. The molecule has 0 heterocycles. The maximum absolute atomic E-state index is 10.7. The lowest BCUT2D eigenvalue weighted by Crippen LogP contribution is -2.31. The van der Waals surface area contributed by atoms with E-state index in [2.05, 4.69) is 23.2 Å². The maximum atomic E-state index is 10.7. The fraction of sp³-hybridized carbons (Fsp3) is 0.375. The molecule has 0 aromatic heterocycles. The van der Waals surface area contributed by atoms with Gasteiger partial charge >= 0.3 is 6.09 Å². The highest BCUT2D eigenvalue weighted by Crippen LogP contribution is 1.82. The van der Waals surface area contributed by atoms with E-state index in [-0.39, 0.29) is 13.2 Å². The van der Waals surface area contributed by atoms with Gasteiger partial charge in [-0.05, 0) is 0 Å². The minimum absolute atomic E-state index is 0.111. The molecule has 0 rings (SSSR count). The van der Waals surface area contributed by atoms with Gasteiger partial charge in [-0.1, -0.05) is 18.7 Å². The predicted octanol–water partition coefficient (Wildman–Crippen LogP) is 0.445. The van der Waals surface area contributed by atoms with E-state index >= 15 is 0 Å². The third-order valence-corrected chi connectivity index (χ3v) is 1.06. The van der Waals surface area contributed by atoms with Gasteiger partial charge in [-0.25, -0.2) is 4.79 Å². The van der Waals surface area contributed by atoms with E-state index in [0.717, 1.165) is 0 Å². The molecule has 12 heavy (non-hydrogen) atoms. The standard InChI is InChI=1S/C8H13NO3/c1-3-5-12-8(11)9-6-7(10)4-2/h3-4,7,10H,1-2,5-6H2,(H,9,11). The van der Waals surface area contributed by atoms with Crippen molar-refractivity contribution >= 4 is 6.09 Å². The Morgan fingerprint density at radius 1 is 1.67 bits per heavy atom. The number of aliphatic hydroxyl groups excluding tert-OH is 1. The van der Waals surface area contributed by atoms with Crippen molar-refractivity contribution in [3.8, 4) is 0 Å². The van der Waals surface area contributed by atoms with Gasteiger partial charge in [-0.15, -0.1) is 6.58 Å². The van der Waals surface area contributed by atoms with E-state index in [1.165, 1.54) is 12.2 Å². The van der Waals surface area contributed by atoms with Crippen LogP contribution in [0.5, 0.6) is 0 Å². The van der Waals surface area contributed by atoms with Crippen LogP contribution in [0.25, 0.3) is 0 Å². The molecule has 0 fully saturated rings. The second kappa shape index (κ2) is 6.42. The summed E-state index contributed by atoms with van der Waals surface area (Å²) in [4.78, 5) is 10.7. The molecule has 0 saturated heterocycles. The monoisotopic (exact) mass is 171 g/mol. The average molecular weight is 171 g/mol. The quantitative estimate of drug-likeness (QED) is 0.590. The first-order valence-electron chi connectivity index (χ1n) is 3.53. The lowest BCUT2D eigenvalue weighted by molar-refractivity contribution is 0.149. The fourth-order valence-corrected chi connectivity index (χ4v) is 0.457. The first-order valence-corrected chi connectivity index (χ1v) is 3.53. The van der Waals surface area contributed by atoms with Crippen LogP contribution in [0.1, 0.15) is 0 Å². The van der Waals surface area contributed by atoms with Gasteiger partial charge in [0.2, 0.25) is 0 Å². The van der Waals surface area contributed by atoms with E-state index in [9.17, 15) is 4.79 Å². The number of carbonyl (C=O) groups excluding carboxylic acids is 1. The molecule has 1 atom stereocenters. The van der Waals surface area contributed by atoms with Crippen molar-refractivity contribution in [2.75, 3.05) is 13.2 Å². The van der Waals surface area contributed by atoms with Crippen LogP contribution in [-0.4, -0.2) is 30.5 Å². The largest absolute Gasteiger partial charge is 0.445 e. The summed E-state index contributed by atoms with van der Waals surface area (Å²) in [6.45, 7) is 6.99. The topological polar surface area (TPSA) is 58.6 Å². The highest BCUT2D eigenvalue weighted by molar-refractivity contribution is 5.67. The Labute approximate surface area is 71.5 Å². The third-order valence-electron chi connectivity index (χ3n) is 1.06. The lowest BCUT2D eigenvalue weighted by atomic mass is 10.3. The molecular weight excluding hydrogens is 158 g/mol. The van der Waals surface area contributed by atoms with Crippen LogP contribution < -0.4 is 5.32 Å². The Kier molecular flexibility index (Phi) is 5.73. The minimum atomic E-state index is -0.735. The number of ether oxygens (including phenoxy) is 1. The maximum Gasteiger partial charge on any atom is 0.407 e. The van der Waals surface area contributed by atoms with Gasteiger partial charge in [0.1, 0.15) is 6.61 Å².